The van der Waals surface area contributed by atoms with E-state index in [4.69, 9.17) is 16.3 Å². The van der Waals surface area contributed by atoms with E-state index >= 15 is 0 Å². The maximum absolute atomic E-state index is 13.9. The van der Waals surface area contributed by atoms with Gasteiger partial charge in [-0.15, -0.1) is 0 Å². The number of rotatable bonds is 7. The van der Waals surface area contributed by atoms with E-state index in [1.165, 1.54) is 13.3 Å². The van der Waals surface area contributed by atoms with Crippen molar-refractivity contribution in [1.82, 2.24) is 19.9 Å². The number of aromatic amines is 1. The molecule has 0 aliphatic heterocycles. The van der Waals surface area contributed by atoms with Crippen LogP contribution in [0.5, 0.6) is 5.88 Å². The standard InChI is InChI=1S/C25H24ClF3N4O3/c1-36-20-10-7-16(14-30-20)21-31-22(33-23(35)32-21)17-13-15(5-8-18(17)26)6-9-19(34)24(25(27,28)29)11-3-2-4-12-24/h5,7-8,10,13-14H,2-4,6,9,11-12H2,1H3,(H,31,32,33,35). The fraction of sp³-hybridized carbons (Fsp3) is 0.400. The van der Waals surface area contributed by atoms with E-state index in [1.807, 2.05) is 0 Å². The third-order valence-electron chi connectivity index (χ3n) is 6.56. The van der Waals surface area contributed by atoms with E-state index in [1.54, 1.807) is 30.3 Å². The number of H-pyrrole nitrogens is 1. The van der Waals surface area contributed by atoms with Crippen LogP contribution in [0.2, 0.25) is 5.02 Å². The second kappa shape index (κ2) is 10.4. The quantitative estimate of drug-likeness (QED) is 0.437. The number of aryl methyl sites for hydroxylation is 1. The predicted molar refractivity (Wildman–Crippen MR) is 128 cm³/mol. The minimum Gasteiger partial charge on any atom is -0.481 e. The van der Waals surface area contributed by atoms with Crippen LogP contribution in [0.3, 0.4) is 0 Å². The van der Waals surface area contributed by atoms with Crippen LogP contribution < -0.4 is 10.4 Å². The molecular weight excluding hydrogens is 497 g/mol. The van der Waals surface area contributed by atoms with Crippen molar-refractivity contribution in [3.8, 4) is 28.7 Å². The number of hydrogen-bond donors (Lipinski definition) is 1. The molecule has 0 bridgehead atoms. The first-order valence-corrected chi connectivity index (χ1v) is 11.9. The fourth-order valence-corrected chi connectivity index (χ4v) is 4.76. The number of halogens is 4. The summed E-state index contributed by atoms with van der Waals surface area (Å²) in [5.41, 5.74) is -1.48. The van der Waals surface area contributed by atoms with Crippen LogP contribution >= 0.6 is 11.6 Å². The zero-order chi connectivity index (χ0) is 25.9. The van der Waals surface area contributed by atoms with Gasteiger partial charge in [-0.05, 0) is 43.0 Å². The van der Waals surface area contributed by atoms with Gasteiger partial charge in [0.2, 0.25) is 5.88 Å². The van der Waals surface area contributed by atoms with Crippen LogP contribution in [0.4, 0.5) is 13.2 Å². The van der Waals surface area contributed by atoms with Crippen LogP contribution in [0.1, 0.15) is 44.1 Å². The number of Topliss-reactive ketones (excluding diaryl/α,β-unsaturated/α-hetero) is 1. The van der Waals surface area contributed by atoms with E-state index in [-0.39, 0.29) is 42.4 Å². The summed E-state index contributed by atoms with van der Waals surface area (Å²) in [5.74, 6) is -0.145. The molecule has 36 heavy (non-hydrogen) atoms. The first kappa shape index (κ1) is 25.8. The summed E-state index contributed by atoms with van der Waals surface area (Å²) >= 11 is 6.36. The molecule has 1 aliphatic carbocycles. The molecule has 0 amide bonds. The number of ether oxygens (including phenoxy) is 1. The average Bonchev–Trinajstić information content (AvgIpc) is 2.87. The lowest BCUT2D eigenvalue weighted by Gasteiger charge is -2.37. The molecule has 0 atom stereocenters. The Morgan fingerprint density at radius 3 is 2.53 bits per heavy atom. The van der Waals surface area contributed by atoms with Crippen molar-refractivity contribution in [1.29, 1.82) is 0 Å². The second-order valence-corrected chi connectivity index (χ2v) is 9.20. The average molecular weight is 521 g/mol. The molecule has 190 valence electrons. The Bertz CT molecular complexity index is 1300. The van der Waals surface area contributed by atoms with Crippen LogP contribution in [-0.4, -0.2) is 39.0 Å². The molecule has 1 fully saturated rings. The van der Waals surface area contributed by atoms with Crippen molar-refractivity contribution < 1.29 is 22.7 Å². The van der Waals surface area contributed by atoms with Crippen LogP contribution in [0, 0.1) is 5.41 Å². The van der Waals surface area contributed by atoms with Gasteiger partial charge in [0.1, 0.15) is 17.0 Å². The number of hydrogen-bond acceptors (Lipinski definition) is 6. The number of pyridine rings is 1. The van der Waals surface area contributed by atoms with Crippen LogP contribution in [0.25, 0.3) is 22.8 Å². The van der Waals surface area contributed by atoms with E-state index < -0.39 is 23.1 Å². The number of ketones is 1. The SMILES string of the molecule is COc1ccc(-c2nc(-c3cc(CCC(=O)C4(C(F)(F)F)CCCCC4)ccc3Cl)[nH]c(=O)n2)cn1. The molecule has 3 aromatic rings. The van der Waals surface area contributed by atoms with Crippen molar-refractivity contribution in [2.75, 3.05) is 7.11 Å². The van der Waals surface area contributed by atoms with Crippen LogP contribution in [-0.2, 0) is 11.2 Å². The Balaban J connectivity index is 1.59. The van der Waals surface area contributed by atoms with Gasteiger partial charge in [-0.1, -0.05) is 36.9 Å². The number of benzene rings is 1. The summed E-state index contributed by atoms with van der Waals surface area (Å²) in [6.45, 7) is 0. The van der Waals surface area contributed by atoms with Gasteiger partial charge >= 0.3 is 11.9 Å². The normalized spacial score (nSPS) is 15.5. The summed E-state index contributed by atoms with van der Waals surface area (Å²) in [4.78, 5) is 40.0. The third-order valence-corrected chi connectivity index (χ3v) is 6.89. The van der Waals surface area contributed by atoms with Crippen molar-refractivity contribution in [3.63, 3.8) is 0 Å². The molecular formula is C25H24ClF3N4O3. The molecule has 11 heteroatoms. The van der Waals surface area contributed by atoms with Gasteiger partial charge < -0.3 is 4.74 Å². The molecule has 1 aromatic carbocycles. The fourth-order valence-electron chi connectivity index (χ4n) is 4.56. The first-order valence-electron chi connectivity index (χ1n) is 11.5. The van der Waals surface area contributed by atoms with Crippen molar-refractivity contribution in [2.45, 2.75) is 51.1 Å². The molecule has 1 N–H and O–H groups in total. The van der Waals surface area contributed by atoms with Crippen LogP contribution in [0.15, 0.2) is 41.3 Å². The van der Waals surface area contributed by atoms with Gasteiger partial charge in [-0.2, -0.15) is 18.2 Å². The maximum atomic E-state index is 13.9. The van der Waals surface area contributed by atoms with Gasteiger partial charge in [0.15, 0.2) is 5.82 Å². The zero-order valence-electron chi connectivity index (χ0n) is 19.5. The lowest BCUT2D eigenvalue weighted by Crippen LogP contribution is -2.46. The Kier molecular flexibility index (Phi) is 7.44. The molecule has 1 saturated carbocycles. The van der Waals surface area contributed by atoms with Gasteiger partial charge in [-0.25, -0.2) is 14.8 Å². The Morgan fingerprint density at radius 1 is 1.14 bits per heavy atom. The Labute approximate surface area is 210 Å². The Hall–Kier alpha value is -3.27. The largest absolute Gasteiger partial charge is 0.481 e. The summed E-state index contributed by atoms with van der Waals surface area (Å²) in [5, 5.41) is 0.275. The topological polar surface area (TPSA) is 97.8 Å². The molecule has 0 radical (unpaired) electrons. The van der Waals surface area contributed by atoms with Crippen molar-refractivity contribution in [2.24, 2.45) is 5.41 Å². The number of methoxy groups -OCH3 is 1. The zero-order valence-corrected chi connectivity index (χ0v) is 20.2. The minimum atomic E-state index is -4.57. The molecule has 4 rings (SSSR count). The third kappa shape index (κ3) is 5.28. The molecule has 0 saturated heterocycles. The highest BCUT2D eigenvalue weighted by Crippen LogP contribution is 2.50. The second-order valence-electron chi connectivity index (χ2n) is 8.79. The molecule has 7 nitrogen and oxygen atoms in total. The number of carbonyl (C=O) groups is 1. The maximum Gasteiger partial charge on any atom is 0.401 e. The van der Waals surface area contributed by atoms with Gasteiger partial charge in [0.05, 0.1) is 12.1 Å². The van der Waals surface area contributed by atoms with Crippen molar-refractivity contribution in [3.05, 3.63) is 57.6 Å². The minimum absolute atomic E-state index is 0.103. The number of carbonyl (C=O) groups excluding carboxylic acids is 1. The van der Waals surface area contributed by atoms with E-state index in [0.717, 1.165) is 0 Å². The highest BCUT2D eigenvalue weighted by molar-refractivity contribution is 6.33. The highest BCUT2D eigenvalue weighted by Gasteiger charge is 2.58. The number of nitrogens with one attached hydrogen (secondary N) is 1. The van der Waals surface area contributed by atoms with E-state index in [0.29, 0.717) is 41.8 Å². The van der Waals surface area contributed by atoms with Gasteiger partial charge in [0.25, 0.3) is 0 Å². The summed E-state index contributed by atoms with van der Waals surface area (Å²) in [7, 11) is 1.48. The number of alkyl halides is 3. The van der Waals surface area contributed by atoms with E-state index in [2.05, 4.69) is 19.9 Å². The lowest BCUT2D eigenvalue weighted by molar-refractivity contribution is -0.228. The highest BCUT2D eigenvalue weighted by atomic mass is 35.5. The number of nitrogens with zero attached hydrogens (tertiary/aromatic N) is 3. The van der Waals surface area contributed by atoms with Gasteiger partial charge in [0, 0.05) is 29.8 Å². The monoisotopic (exact) mass is 520 g/mol. The van der Waals surface area contributed by atoms with Gasteiger partial charge in [-0.3, -0.25) is 9.78 Å². The Morgan fingerprint density at radius 2 is 1.89 bits per heavy atom. The molecule has 1 aliphatic rings. The lowest BCUT2D eigenvalue weighted by atomic mass is 9.69. The smallest absolute Gasteiger partial charge is 0.401 e. The first-order chi connectivity index (χ1) is 17.1. The summed E-state index contributed by atoms with van der Waals surface area (Å²) < 4.78 is 46.6. The van der Waals surface area contributed by atoms with Crippen molar-refractivity contribution >= 4 is 17.4 Å². The summed E-state index contributed by atoms with van der Waals surface area (Å²) in [6.07, 6.45) is -2.08. The summed E-state index contributed by atoms with van der Waals surface area (Å²) in [6, 6.07) is 8.07. The molecule has 0 unspecified atom stereocenters. The molecule has 2 heterocycles. The predicted octanol–water partition coefficient (Wildman–Crippen LogP) is 5.57. The molecule has 0 spiro atoms. The van der Waals surface area contributed by atoms with E-state index in [9.17, 15) is 22.8 Å². The number of aromatic nitrogens is 4. The molecule has 2 aromatic heterocycles.